The van der Waals surface area contributed by atoms with E-state index in [4.69, 9.17) is 9.72 Å². The smallest absolute Gasteiger partial charge is 0.319 e. The van der Waals surface area contributed by atoms with E-state index >= 15 is 4.39 Å². The molecule has 1 aliphatic carbocycles. The topological polar surface area (TPSA) is 74.6 Å². The van der Waals surface area contributed by atoms with Crippen LogP contribution in [0.25, 0.3) is 32.9 Å². The normalized spacial score (nSPS) is 20.4. The molecular weight excluding hydrogens is 560 g/mol. The number of fused-ring (bicyclic) bond motifs is 2. The summed E-state index contributed by atoms with van der Waals surface area (Å²) in [5.41, 5.74) is 1.03. The molecule has 3 fully saturated rings. The number of hydrogen-bond acceptors (Lipinski definition) is 7. The number of pyridine rings is 1. The fourth-order valence-corrected chi connectivity index (χ4v) is 7.26. The molecule has 1 saturated carbocycles. The highest BCUT2D eigenvalue weighted by Crippen LogP contribution is 2.47. The van der Waals surface area contributed by atoms with Crippen LogP contribution in [0.1, 0.15) is 64.4 Å². The summed E-state index contributed by atoms with van der Waals surface area (Å²) in [5, 5.41) is 12.2. The number of likely N-dealkylation sites (tertiary alicyclic amines) is 1. The van der Waals surface area contributed by atoms with Crippen molar-refractivity contribution in [3.63, 3.8) is 0 Å². The number of rotatable bonds is 8. The van der Waals surface area contributed by atoms with Crippen molar-refractivity contribution in [2.45, 2.75) is 65.2 Å². The van der Waals surface area contributed by atoms with Gasteiger partial charge in [0.15, 0.2) is 5.82 Å². The van der Waals surface area contributed by atoms with Gasteiger partial charge in [-0.3, -0.25) is 4.98 Å². The number of phenols is 1. The minimum atomic E-state index is -0.631. The summed E-state index contributed by atoms with van der Waals surface area (Å²) in [6.45, 7) is 9.50. The molecule has 7 rings (SSSR count). The van der Waals surface area contributed by atoms with Crippen molar-refractivity contribution in [3.8, 4) is 23.0 Å². The second-order valence-corrected chi connectivity index (χ2v) is 13.3. The number of anilines is 1. The molecule has 4 heterocycles. The third kappa shape index (κ3) is 5.55. The Morgan fingerprint density at radius 2 is 1.86 bits per heavy atom. The minimum Gasteiger partial charge on any atom is -0.508 e. The molecule has 1 N–H and O–H groups in total. The summed E-state index contributed by atoms with van der Waals surface area (Å²) in [4.78, 5) is 18.8. The molecule has 4 aromatic rings. The van der Waals surface area contributed by atoms with Gasteiger partial charge >= 0.3 is 6.01 Å². The molecule has 0 spiro atoms. The lowest BCUT2D eigenvalue weighted by atomic mass is 9.94. The van der Waals surface area contributed by atoms with E-state index in [0.717, 1.165) is 58.4 Å². The first-order chi connectivity index (χ1) is 21.3. The molecule has 9 heteroatoms. The maximum Gasteiger partial charge on any atom is 0.319 e. The van der Waals surface area contributed by atoms with Crippen LogP contribution in [-0.2, 0) is 6.42 Å². The Morgan fingerprint density at radius 3 is 2.61 bits per heavy atom. The van der Waals surface area contributed by atoms with Crippen LogP contribution in [0.2, 0.25) is 0 Å². The number of benzene rings is 2. The number of ether oxygens (including phenoxy) is 1. The van der Waals surface area contributed by atoms with Crippen LogP contribution < -0.4 is 9.64 Å². The fraction of sp³-hybridized carbons (Fsp3) is 0.514. The molecule has 2 aromatic carbocycles. The predicted octanol–water partition coefficient (Wildman–Crippen LogP) is 7.27. The lowest BCUT2D eigenvalue weighted by Crippen LogP contribution is -2.37. The largest absolute Gasteiger partial charge is 0.508 e. The first kappa shape index (κ1) is 29.1. The molecule has 232 valence electrons. The van der Waals surface area contributed by atoms with Gasteiger partial charge in [0.2, 0.25) is 0 Å². The zero-order valence-electron chi connectivity index (χ0n) is 25.7. The number of aromatic nitrogens is 3. The summed E-state index contributed by atoms with van der Waals surface area (Å²) in [6.07, 6.45) is 10.2. The number of nitrogens with zero attached hydrogens (tertiary/aromatic N) is 5. The molecule has 1 atom stereocenters. The molecule has 0 bridgehead atoms. The van der Waals surface area contributed by atoms with Crippen molar-refractivity contribution in [1.82, 2.24) is 19.9 Å². The number of hydrogen-bond donors (Lipinski definition) is 1. The molecule has 0 radical (unpaired) electrons. The first-order valence-corrected chi connectivity index (χ1v) is 16.2. The summed E-state index contributed by atoms with van der Waals surface area (Å²) in [5.74, 6) is 0.0764. The van der Waals surface area contributed by atoms with Crippen LogP contribution in [0.5, 0.6) is 11.8 Å². The quantitative estimate of drug-likeness (QED) is 0.228. The van der Waals surface area contributed by atoms with E-state index in [1.807, 2.05) is 6.92 Å². The standard InChI is InChI=1S/C35H41F2N5O2/c1-3-25-28(36)10-9-23-16-24(43)17-26(29(23)25)31-30(37)32-27(18-38-31)33(42-15-7-8-22(2)19-42)40-34(39-32)44-21-35(11-12-35)20-41-13-5-4-6-14-41/h9-10,16-18,22,43H,3-8,11-15,19-21H2,1-2H3. The fourth-order valence-electron chi connectivity index (χ4n) is 7.26. The van der Waals surface area contributed by atoms with Gasteiger partial charge in [0.1, 0.15) is 28.6 Å². The van der Waals surface area contributed by atoms with Crippen molar-refractivity contribution in [3.05, 3.63) is 47.7 Å². The van der Waals surface area contributed by atoms with Crippen LogP contribution >= 0.6 is 0 Å². The molecule has 3 aliphatic rings. The van der Waals surface area contributed by atoms with Gasteiger partial charge in [-0.2, -0.15) is 9.97 Å². The second kappa shape index (κ2) is 11.7. The highest BCUT2D eigenvalue weighted by molar-refractivity contribution is 6.01. The molecule has 2 aliphatic heterocycles. The summed E-state index contributed by atoms with van der Waals surface area (Å²) < 4.78 is 38.0. The van der Waals surface area contributed by atoms with Crippen molar-refractivity contribution in [2.24, 2.45) is 11.3 Å². The Kier molecular flexibility index (Phi) is 7.77. The average Bonchev–Trinajstić information content (AvgIpc) is 3.79. The Hall–Kier alpha value is -3.59. The van der Waals surface area contributed by atoms with E-state index in [2.05, 4.69) is 26.7 Å². The summed E-state index contributed by atoms with van der Waals surface area (Å²) in [6, 6.07) is 6.19. The molecular formula is C35H41F2N5O2. The van der Waals surface area contributed by atoms with Crippen LogP contribution in [0.4, 0.5) is 14.6 Å². The zero-order chi connectivity index (χ0) is 30.4. The van der Waals surface area contributed by atoms with Crippen LogP contribution in [-0.4, -0.2) is 64.3 Å². The van der Waals surface area contributed by atoms with E-state index in [-0.39, 0.29) is 34.2 Å². The lowest BCUT2D eigenvalue weighted by Gasteiger charge is -2.32. The second-order valence-electron chi connectivity index (χ2n) is 13.3. The number of aryl methyl sites for hydroxylation is 1. The number of piperidine rings is 2. The number of phenolic OH excluding ortho intramolecular Hbond substituents is 1. The predicted molar refractivity (Wildman–Crippen MR) is 169 cm³/mol. The van der Waals surface area contributed by atoms with Gasteiger partial charge in [-0.15, -0.1) is 0 Å². The van der Waals surface area contributed by atoms with E-state index in [1.165, 1.54) is 31.4 Å². The van der Waals surface area contributed by atoms with Gasteiger partial charge in [0.05, 0.1) is 12.0 Å². The van der Waals surface area contributed by atoms with Gasteiger partial charge < -0.3 is 19.6 Å². The van der Waals surface area contributed by atoms with Gasteiger partial charge in [-0.05, 0) is 98.5 Å². The third-order valence-corrected chi connectivity index (χ3v) is 9.83. The van der Waals surface area contributed by atoms with E-state index in [9.17, 15) is 9.50 Å². The molecule has 1 unspecified atom stereocenters. The monoisotopic (exact) mass is 601 g/mol. The maximum absolute atomic E-state index is 16.7. The summed E-state index contributed by atoms with van der Waals surface area (Å²) in [7, 11) is 0. The van der Waals surface area contributed by atoms with Crippen molar-refractivity contribution in [2.75, 3.05) is 44.2 Å². The van der Waals surface area contributed by atoms with Crippen LogP contribution in [0.3, 0.4) is 0 Å². The van der Waals surface area contributed by atoms with Crippen LogP contribution in [0.15, 0.2) is 30.5 Å². The SMILES string of the molecule is CCc1c(F)ccc2cc(O)cc(-c3ncc4c(N5CCCC(C)C5)nc(OCC5(CN6CCCCC6)CC5)nc4c3F)c12. The zero-order valence-corrected chi connectivity index (χ0v) is 25.7. The molecule has 0 amide bonds. The van der Waals surface area contributed by atoms with Crippen LogP contribution in [0, 0.1) is 23.0 Å². The van der Waals surface area contributed by atoms with Crippen molar-refractivity contribution < 1.29 is 18.6 Å². The van der Waals surface area contributed by atoms with Gasteiger partial charge in [-0.25, -0.2) is 8.78 Å². The molecule has 7 nitrogen and oxygen atoms in total. The van der Waals surface area contributed by atoms with Gasteiger partial charge in [0.25, 0.3) is 0 Å². The van der Waals surface area contributed by atoms with Gasteiger partial charge in [-0.1, -0.05) is 26.3 Å². The first-order valence-electron chi connectivity index (χ1n) is 16.2. The molecule has 44 heavy (non-hydrogen) atoms. The minimum absolute atomic E-state index is 0.0186. The average molecular weight is 602 g/mol. The Bertz CT molecular complexity index is 1700. The number of aromatic hydroxyl groups is 1. The van der Waals surface area contributed by atoms with Crippen molar-refractivity contribution in [1.29, 1.82) is 0 Å². The lowest BCUT2D eigenvalue weighted by molar-refractivity contribution is 0.139. The number of halogens is 2. The van der Waals surface area contributed by atoms with E-state index < -0.39 is 5.82 Å². The Balaban J connectivity index is 1.31. The van der Waals surface area contributed by atoms with Gasteiger partial charge in [0, 0.05) is 36.8 Å². The van der Waals surface area contributed by atoms with E-state index in [1.54, 1.807) is 18.3 Å². The summed E-state index contributed by atoms with van der Waals surface area (Å²) >= 11 is 0. The van der Waals surface area contributed by atoms with E-state index in [0.29, 0.717) is 52.0 Å². The maximum atomic E-state index is 16.7. The Labute approximate surface area is 257 Å². The Morgan fingerprint density at radius 1 is 1.05 bits per heavy atom. The molecule has 2 aromatic heterocycles. The third-order valence-electron chi connectivity index (χ3n) is 9.83. The molecule has 2 saturated heterocycles. The van der Waals surface area contributed by atoms with Crippen molar-refractivity contribution >= 4 is 27.5 Å². The highest BCUT2D eigenvalue weighted by Gasteiger charge is 2.45. The highest BCUT2D eigenvalue weighted by atomic mass is 19.1.